The number of nitrogens with one attached hydrogen (secondary N) is 1. The molecule has 0 aliphatic rings. The Labute approximate surface area is 368 Å². The minimum absolute atomic E-state index is 0.140. The van der Waals surface area contributed by atoms with Crippen molar-refractivity contribution in [3.05, 3.63) is 215 Å². The summed E-state index contributed by atoms with van der Waals surface area (Å²) in [6, 6.07) is 65.7. The minimum atomic E-state index is -0.719. The molecule has 6 aromatic carbocycles. The van der Waals surface area contributed by atoms with Crippen molar-refractivity contribution in [1.82, 2.24) is 10.2 Å². The number of rotatable bonds is 23. The summed E-state index contributed by atoms with van der Waals surface area (Å²) in [5.41, 5.74) is 7.60. The molecule has 2 N–H and O–H groups in total. The van der Waals surface area contributed by atoms with Gasteiger partial charge in [0, 0.05) is 42.1 Å². The lowest BCUT2D eigenvalue weighted by molar-refractivity contribution is -0.137. The number of carbonyl (C=O) groups is 1. The van der Waals surface area contributed by atoms with E-state index in [0.29, 0.717) is 6.42 Å². The lowest BCUT2D eigenvalue weighted by atomic mass is 9.84. The Bertz CT molecular complexity index is 1960. The minimum Gasteiger partial charge on any atom is -0.481 e. The monoisotopic (exact) mass is 834 g/mol. The van der Waals surface area contributed by atoms with Crippen molar-refractivity contribution in [2.24, 2.45) is 0 Å². The fraction of sp³-hybridized carbons (Fsp3) is 0.315. The van der Waals surface area contributed by atoms with E-state index in [4.69, 9.17) is 0 Å². The van der Waals surface area contributed by atoms with Gasteiger partial charge in [0.15, 0.2) is 0 Å². The molecule has 0 amide bonds. The first-order chi connectivity index (χ1) is 29.0. The third kappa shape index (κ3) is 11.6. The van der Waals surface area contributed by atoms with Gasteiger partial charge in [-0.25, -0.2) is 0 Å². The number of aliphatic carboxylic acids is 1. The van der Waals surface area contributed by atoms with E-state index in [-0.39, 0.29) is 15.9 Å². The van der Waals surface area contributed by atoms with Gasteiger partial charge in [0.1, 0.15) is 0 Å². The van der Waals surface area contributed by atoms with E-state index in [1.165, 1.54) is 33.4 Å². The predicted octanol–water partition coefficient (Wildman–Crippen LogP) is 12.5. The van der Waals surface area contributed by atoms with Gasteiger partial charge in [-0.15, -0.1) is 23.5 Å². The van der Waals surface area contributed by atoms with Crippen LogP contribution in [0.25, 0.3) is 0 Å². The molecular weight excluding hydrogens is 773 g/mol. The third-order valence-corrected chi connectivity index (χ3v) is 14.5. The van der Waals surface area contributed by atoms with Crippen LogP contribution in [-0.2, 0) is 14.3 Å². The first kappa shape index (κ1) is 44.9. The fourth-order valence-corrected chi connectivity index (χ4v) is 12.1. The molecule has 0 unspecified atom stereocenters. The van der Waals surface area contributed by atoms with Crippen molar-refractivity contribution in [1.29, 1.82) is 0 Å². The molecule has 0 aliphatic carbocycles. The van der Waals surface area contributed by atoms with Crippen molar-refractivity contribution < 1.29 is 9.90 Å². The zero-order valence-electron chi connectivity index (χ0n) is 35.8. The van der Waals surface area contributed by atoms with Crippen LogP contribution in [0.15, 0.2) is 182 Å². The van der Waals surface area contributed by atoms with E-state index >= 15 is 0 Å². The normalized spacial score (nSPS) is 12.4. The van der Waals surface area contributed by atoms with Gasteiger partial charge in [-0.05, 0) is 80.5 Å². The largest absolute Gasteiger partial charge is 0.481 e. The first-order valence-corrected chi connectivity index (χ1v) is 23.1. The standard InChI is InChI=1S/C54H62N2O2S2/c1-51(2,59-53(44-26-12-5-13-27-44,45-28-14-6-15-29-45)46-30-16-7-17-31-46)42-55-39-41-56(40-25-11-24-38-50(57)58)43-52(3,4)60-54(47-32-18-8-19-33-47,48-34-20-9-21-35-48)49-36-22-10-23-37-49/h5-10,12-23,26-37,55H,11,24-25,38-43H2,1-4H3,(H,57,58). The van der Waals surface area contributed by atoms with Gasteiger partial charge < -0.3 is 15.3 Å². The summed E-state index contributed by atoms with van der Waals surface area (Å²) < 4.78 is -1.14. The van der Waals surface area contributed by atoms with Crippen molar-refractivity contribution in [3.8, 4) is 0 Å². The second kappa shape index (κ2) is 21.3. The maximum atomic E-state index is 11.3. The highest BCUT2D eigenvalue weighted by Gasteiger charge is 2.43. The van der Waals surface area contributed by atoms with Crippen molar-refractivity contribution in [2.75, 3.05) is 32.7 Å². The molecule has 0 saturated heterocycles. The fourth-order valence-electron chi connectivity index (χ4n) is 8.51. The molecule has 6 rings (SSSR count). The molecule has 0 saturated carbocycles. The molecular formula is C54H62N2O2S2. The smallest absolute Gasteiger partial charge is 0.303 e. The maximum Gasteiger partial charge on any atom is 0.303 e. The third-order valence-electron chi connectivity index (χ3n) is 11.1. The Morgan fingerprint density at radius 3 is 1.15 bits per heavy atom. The molecule has 0 aromatic heterocycles. The summed E-state index contributed by atoms with van der Waals surface area (Å²) in [7, 11) is 0. The molecule has 0 aliphatic heterocycles. The summed E-state index contributed by atoms with van der Waals surface area (Å²) in [6.07, 6.45) is 2.79. The Morgan fingerprint density at radius 1 is 0.483 bits per heavy atom. The molecule has 0 fully saturated rings. The van der Waals surface area contributed by atoms with Gasteiger partial charge >= 0.3 is 5.97 Å². The second-order valence-corrected chi connectivity index (χ2v) is 20.8. The van der Waals surface area contributed by atoms with Crippen LogP contribution in [0.2, 0.25) is 0 Å². The number of thioether (sulfide) groups is 2. The molecule has 0 bridgehead atoms. The second-order valence-electron chi connectivity index (χ2n) is 16.9. The molecule has 0 radical (unpaired) electrons. The van der Waals surface area contributed by atoms with Crippen molar-refractivity contribution in [2.45, 2.75) is 72.4 Å². The molecule has 0 heterocycles. The number of hydrogen-bond acceptors (Lipinski definition) is 5. The molecule has 4 nitrogen and oxygen atoms in total. The van der Waals surface area contributed by atoms with Crippen LogP contribution in [0, 0.1) is 0 Å². The van der Waals surface area contributed by atoms with Gasteiger partial charge in [-0.2, -0.15) is 0 Å². The van der Waals surface area contributed by atoms with Gasteiger partial charge in [-0.3, -0.25) is 4.79 Å². The van der Waals surface area contributed by atoms with E-state index in [0.717, 1.165) is 45.6 Å². The van der Waals surface area contributed by atoms with E-state index in [2.05, 4.69) is 220 Å². The summed E-state index contributed by atoms with van der Waals surface area (Å²) in [5, 5.41) is 13.2. The Hall–Kier alpha value is -4.59. The highest BCUT2D eigenvalue weighted by molar-refractivity contribution is 8.02. The molecule has 0 spiro atoms. The van der Waals surface area contributed by atoms with Crippen molar-refractivity contribution in [3.63, 3.8) is 0 Å². The summed E-state index contributed by atoms with van der Waals surface area (Å²) >= 11 is 4.05. The van der Waals surface area contributed by atoms with Crippen LogP contribution >= 0.6 is 23.5 Å². The Morgan fingerprint density at radius 2 is 0.817 bits per heavy atom. The summed E-state index contributed by atoms with van der Waals surface area (Å²) in [6.45, 7) is 13.9. The number of benzene rings is 6. The summed E-state index contributed by atoms with van der Waals surface area (Å²) in [5.74, 6) is -0.719. The highest BCUT2D eigenvalue weighted by Crippen LogP contribution is 2.54. The quantitative estimate of drug-likeness (QED) is 0.0495. The Balaban J connectivity index is 1.23. The van der Waals surface area contributed by atoms with E-state index < -0.39 is 15.5 Å². The average Bonchev–Trinajstić information content (AvgIpc) is 3.27. The van der Waals surface area contributed by atoms with Crippen LogP contribution < -0.4 is 5.32 Å². The summed E-state index contributed by atoms with van der Waals surface area (Å²) in [4.78, 5) is 13.9. The average molecular weight is 835 g/mol. The molecule has 6 heteroatoms. The zero-order chi connectivity index (χ0) is 42.3. The van der Waals surface area contributed by atoms with Crippen molar-refractivity contribution >= 4 is 29.5 Å². The highest BCUT2D eigenvalue weighted by atomic mass is 32.2. The van der Waals surface area contributed by atoms with Crippen LogP contribution in [0.1, 0.15) is 86.8 Å². The number of nitrogens with zero attached hydrogens (tertiary/aromatic N) is 1. The van der Waals surface area contributed by atoms with E-state index in [9.17, 15) is 9.90 Å². The molecule has 312 valence electrons. The Kier molecular flexibility index (Phi) is 15.9. The lowest BCUT2D eigenvalue weighted by Gasteiger charge is -2.43. The first-order valence-electron chi connectivity index (χ1n) is 21.4. The van der Waals surface area contributed by atoms with E-state index in [1.807, 2.05) is 23.5 Å². The van der Waals surface area contributed by atoms with E-state index in [1.54, 1.807) is 0 Å². The van der Waals surface area contributed by atoms with Crippen LogP contribution in [-0.4, -0.2) is 58.2 Å². The number of hydrogen-bond donors (Lipinski definition) is 2. The zero-order valence-corrected chi connectivity index (χ0v) is 37.4. The van der Waals surface area contributed by atoms with Gasteiger partial charge in [0.25, 0.3) is 0 Å². The van der Waals surface area contributed by atoms with Crippen LogP contribution in [0.3, 0.4) is 0 Å². The molecule has 0 atom stereocenters. The lowest BCUT2D eigenvalue weighted by Crippen LogP contribution is -2.45. The predicted molar refractivity (Wildman–Crippen MR) is 257 cm³/mol. The van der Waals surface area contributed by atoms with Crippen LogP contribution in [0.5, 0.6) is 0 Å². The van der Waals surface area contributed by atoms with Gasteiger partial charge in [-0.1, -0.05) is 188 Å². The van der Waals surface area contributed by atoms with Crippen LogP contribution in [0.4, 0.5) is 0 Å². The van der Waals surface area contributed by atoms with Gasteiger partial charge in [0.05, 0.1) is 9.49 Å². The molecule has 60 heavy (non-hydrogen) atoms. The van der Waals surface area contributed by atoms with Gasteiger partial charge in [0.2, 0.25) is 0 Å². The SMILES string of the molecule is CC(C)(CNCCN(CCCCCC(=O)O)CC(C)(C)SC(c1ccccc1)(c1ccccc1)c1ccccc1)SC(c1ccccc1)(c1ccccc1)c1ccccc1. The molecule has 6 aromatic rings. The number of carboxylic acids is 1. The maximum absolute atomic E-state index is 11.3. The topological polar surface area (TPSA) is 52.6 Å². The number of carboxylic acid groups (broad SMARTS) is 1. The number of unbranched alkanes of at least 4 members (excludes halogenated alkanes) is 2.